The van der Waals surface area contributed by atoms with Gasteiger partial charge in [-0.2, -0.15) is 0 Å². The number of anilines is 2. The summed E-state index contributed by atoms with van der Waals surface area (Å²) in [6.07, 6.45) is 0. The predicted octanol–water partition coefficient (Wildman–Crippen LogP) is 2.63. The van der Waals surface area contributed by atoms with Crippen LogP contribution in [0.15, 0.2) is 52.9 Å². The number of Topliss-reactive ketones (excluding diaryl/α,β-unsaturated/α-hetero) is 1. The van der Waals surface area contributed by atoms with Gasteiger partial charge in [-0.05, 0) is 29.7 Å². The number of benzene rings is 2. The number of nitrogens with one attached hydrogen (secondary N) is 1. The van der Waals surface area contributed by atoms with Gasteiger partial charge in [0.25, 0.3) is 11.7 Å². The standard InChI is InChI=1S/C23H21N3O5/c1-11(2)12-6-7-13-17(10-12)31-23(29)14-4-3-5-15(24)19(14)20(27)22(13,23)26-21(28)16-8-9-18(25)30-16/h3-11,29H,24-25H2,1-2H3,(H,26,28). The lowest BCUT2D eigenvalue weighted by molar-refractivity contribution is -0.169. The molecule has 6 N–H and O–H groups in total. The predicted molar refractivity (Wildman–Crippen MR) is 113 cm³/mol. The molecule has 8 nitrogen and oxygen atoms in total. The maximum absolute atomic E-state index is 13.8. The molecule has 31 heavy (non-hydrogen) atoms. The van der Waals surface area contributed by atoms with E-state index in [9.17, 15) is 14.7 Å². The van der Waals surface area contributed by atoms with Crippen molar-refractivity contribution in [2.45, 2.75) is 31.1 Å². The molecule has 1 aromatic heterocycles. The van der Waals surface area contributed by atoms with Gasteiger partial charge in [0.15, 0.2) is 11.6 Å². The second kappa shape index (κ2) is 6.12. The van der Waals surface area contributed by atoms with E-state index in [1.807, 2.05) is 19.9 Å². The van der Waals surface area contributed by atoms with Gasteiger partial charge in [0, 0.05) is 22.9 Å². The number of ketones is 1. The van der Waals surface area contributed by atoms with Crippen LogP contribution in [0, 0.1) is 0 Å². The lowest BCUT2D eigenvalue weighted by Crippen LogP contribution is -2.60. The number of aliphatic hydroxyl groups is 1. The minimum absolute atomic E-state index is 0.0489. The number of amides is 1. The Hall–Kier alpha value is -3.78. The summed E-state index contributed by atoms with van der Waals surface area (Å²) in [6.45, 7) is 4.04. The van der Waals surface area contributed by atoms with Crippen molar-refractivity contribution < 1.29 is 23.8 Å². The van der Waals surface area contributed by atoms with Crippen LogP contribution in [0.2, 0.25) is 0 Å². The third-order valence-electron chi connectivity index (χ3n) is 6.02. The first-order valence-electron chi connectivity index (χ1n) is 9.86. The molecular formula is C23H21N3O5. The summed E-state index contributed by atoms with van der Waals surface area (Å²) in [6, 6.07) is 12.9. The van der Waals surface area contributed by atoms with Crippen molar-refractivity contribution in [2.75, 3.05) is 11.5 Å². The molecule has 158 valence electrons. The minimum atomic E-state index is -2.18. The molecule has 2 aliphatic rings. The monoisotopic (exact) mass is 419 g/mol. The number of furan rings is 1. The fourth-order valence-corrected chi connectivity index (χ4v) is 4.45. The Balaban J connectivity index is 1.74. The Bertz CT molecular complexity index is 1260. The van der Waals surface area contributed by atoms with Crippen LogP contribution in [-0.4, -0.2) is 16.8 Å². The Kier molecular flexibility index (Phi) is 3.79. The van der Waals surface area contributed by atoms with Crippen molar-refractivity contribution >= 4 is 23.3 Å². The van der Waals surface area contributed by atoms with E-state index in [0.717, 1.165) is 5.56 Å². The molecule has 2 heterocycles. The van der Waals surface area contributed by atoms with Gasteiger partial charge in [-0.3, -0.25) is 9.59 Å². The fourth-order valence-electron chi connectivity index (χ4n) is 4.45. The number of hydrogen-bond donors (Lipinski definition) is 4. The van der Waals surface area contributed by atoms with Crippen LogP contribution < -0.4 is 21.5 Å². The zero-order valence-corrected chi connectivity index (χ0v) is 16.9. The van der Waals surface area contributed by atoms with Gasteiger partial charge in [-0.15, -0.1) is 0 Å². The molecule has 5 rings (SSSR count). The molecule has 2 unspecified atom stereocenters. The Morgan fingerprint density at radius 2 is 1.87 bits per heavy atom. The van der Waals surface area contributed by atoms with Crippen molar-refractivity contribution in [3.8, 4) is 5.75 Å². The fraction of sp³-hybridized carbons (Fsp3) is 0.217. The van der Waals surface area contributed by atoms with E-state index < -0.39 is 23.0 Å². The highest BCUT2D eigenvalue weighted by molar-refractivity contribution is 6.15. The number of nitrogens with two attached hydrogens (primary N) is 2. The zero-order valence-electron chi connectivity index (χ0n) is 16.9. The number of fused-ring (bicyclic) bond motifs is 5. The average Bonchev–Trinajstić information content (AvgIpc) is 3.32. The van der Waals surface area contributed by atoms with E-state index in [1.165, 1.54) is 12.1 Å². The summed E-state index contributed by atoms with van der Waals surface area (Å²) >= 11 is 0. The number of nitrogen functional groups attached to an aromatic ring is 2. The van der Waals surface area contributed by atoms with Gasteiger partial charge >= 0.3 is 0 Å². The maximum atomic E-state index is 13.8. The van der Waals surface area contributed by atoms with Crippen LogP contribution in [0.1, 0.15) is 57.4 Å². The van der Waals surface area contributed by atoms with Crippen LogP contribution >= 0.6 is 0 Å². The number of hydrogen-bond acceptors (Lipinski definition) is 7. The number of carbonyl (C=O) groups is 2. The molecule has 2 atom stereocenters. The van der Waals surface area contributed by atoms with Crippen molar-refractivity contribution in [1.29, 1.82) is 0 Å². The van der Waals surface area contributed by atoms with Crippen LogP contribution in [-0.2, 0) is 11.3 Å². The smallest absolute Gasteiger partial charge is 0.288 e. The molecule has 0 fully saturated rings. The van der Waals surface area contributed by atoms with E-state index in [2.05, 4.69) is 5.32 Å². The third kappa shape index (κ3) is 2.33. The SMILES string of the molecule is CC(C)c1ccc2c(c1)OC1(O)c3cccc(N)c3C(=O)C21NC(=O)c1ccc(N)o1. The highest BCUT2D eigenvalue weighted by Crippen LogP contribution is 2.59. The van der Waals surface area contributed by atoms with Gasteiger partial charge in [0.2, 0.25) is 11.3 Å². The number of carbonyl (C=O) groups excluding carboxylic acids is 2. The van der Waals surface area contributed by atoms with E-state index in [-0.39, 0.29) is 34.4 Å². The van der Waals surface area contributed by atoms with Crippen molar-refractivity contribution in [2.24, 2.45) is 0 Å². The largest absolute Gasteiger partial charge is 0.454 e. The lowest BCUT2D eigenvalue weighted by Gasteiger charge is -2.34. The molecule has 0 saturated heterocycles. The highest BCUT2D eigenvalue weighted by atomic mass is 16.6. The average molecular weight is 419 g/mol. The van der Waals surface area contributed by atoms with Crippen molar-refractivity contribution in [1.82, 2.24) is 5.32 Å². The number of ether oxygens (including phenoxy) is 1. The van der Waals surface area contributed by atoms with Crippen LogP contribution in [0.3, 0.4) is 0 Å². The van der Waals surface area contributed by atoms with Gasteiger partial charge < -0.3 is 31.0 Å². The first-order chi connectivity index (χ1) is 14.7. The second-order valence-electron chi connectivity index (χ2n) is 8.16. The summed E-state index contributed by atoms with van der Waals surface area (Å²) in [5.74, 6) is -3.01. The second-order valence-corrected chi connectivity index (χ2v) is 8.16. The molecule has 1 amide bonds. The van der Waals surface area contributed by atoms with E-state index in [0.29, 0.717) is 11.3 Å². The van der Waals surface area contributed by atoms with Crippen molar-refractivity contribution in [3.63, 3.8) is 0 Å². The first kappa shape index (κ1) is 19.2. The minimum Gasteiger partial charge on any atom is -0.454 e. The van der Waals surface area contributed by atoms with Crippen molar-refractivity contribution in [3.05, 3.63) is 76.5 Å². The molecule has 8 heteroatoms. The molecule has 1 aliphatic carbocycles. The summed E-state index contributed by atoms with van der Waals surface area (Å²) in [7, 11) is 0. The lowest BCUT2D eigenvalue weighted by atomic mass is 9.82. The third-order valence-corrected chi connectivity index (χ3v) is 6.02. The molecule has 3 aromatic rings. The van der Waals surface area contributed by atoms with Crippen LogP contribution in [0.5, 0.6) is 5.75 Å². The molecule has 0 bridgehead atoms. The van der Waals surface area contributed by atoms with E-state index in [4.69, 9.17) is 20.6 Å². The topological polar surface area (TPSA) is 141 Å². The molecule has 0 saturated carbocycles. The molecule has 1 aliphatic heterocycles. The molecule has 0 spiro atoms. The molecule has 2 aromatic carbocycles. The Morgan fingerprint density at radius 1 is 1.10 bits per heavy atom. The van der Waals surface area contributed by atoms with Crippen LogP contribution in [0.25, 0.3) is 0 Å². The normalized spacial score (nSPS) is 23.3. The first-order valence-corrected chi connectivity index (χ1v) is 9.86. The van der Waals surface area contributed by atoms with Gasteiger partial charge in [-0.1, -0.05) is 38.1 Å². The zero-order chi connectivity index (χ0) is 22.1. The van der Waals surface area contributed by atoms with Gasteiger partial charge in [0.1, 0.15) is 5.75 Å². The Morgan fingerprint density at radius 3 is 2.55 bits per heavy atom. The summed E-state index contributed by atoms with van der Waals surface area (Å²) in [4.78, 5) is 26.8. The van der Waals surface area contributed by atoms with Crippen LogP contribution in [0.4, 0.5) is 11.6 Å². The van der Waals surface area contributed by atoms with E-state index in [1.54, 1.807) is 30.3 Å². The quantitative estimate of drug-likeness (QED) is 0.478. The summed E-state index contributed by atoms with van der Waals surface area (Å²) < 4.78 is 11.2. The summed E-state index contributed by atoms with van der Waals surface area (Å²) in [5.41, 5.74) is 11.5. The number of rotatable bonds is 3. The Labute approximate surface area is 177 Å². The molecular weight excluding hydrogens is 398 g/mol. The van der Waals surface area contributed by atoms with Gasteiger partial charge in [-0.25, -0.2) is 0 Å². The van der Waals surface area contributed by atoms with E-state index >= 15 is 0 Å². The molecule has 0 radical (unpaired) electrons. The van der Waals surface area contributed by atoms with Gasteiger partial charge in [0.05, 0.1) is 5.56 Å². The maximum Gasteiger partial charge on any atom is 0.288 e. The summed E-state index contributed by atoms with van der Waals surface area (Å²) in [5, 5.41) is 14.5. The highest BCUT2D eigenvalue weighted by Gasteiger charge is 2.72.